The third kappa shape index (κ3) is 5.92. The van der Waals surface area contributed by atoms with Crippen LogP contribution < -0.4 is 0 Å². The summed E-state index contributed by atoms with van der Waals surface area (Å²) in [4.78, 5) is 12.5. The van der Waals surface area contributed by atoms with E-state index in [2.05, 4.69) is 0 Å². The zero-order valence-electron chi connectivity index (χ0n) is 15.3. The van der Waals surface area contributed by atoms with E-state index in [9.17, 15) is 4.79 Å². The largest absolute Gasteiger partial charge is 0.367 e. The van der Waals surface area contributed by atoms with Crippen LogP contribution in [0.25, 0.3) is 0 Å². The fraction of sp³-hybridized carbons (Fsp3) is 0.941. The molecule has 1 unspecified atom stereocenters. The molecule has 0 bridgehead atoms. The monoisotopic (exact) mass is 286 g/mol. The van der Waals surface area contributed by atoms with Crippen molar-refractivity contribution in [1.82, 2.24) is 0 Å². The normalized spacial score (nSPS) is 16.1. The molecule has 120 valence electrons. The molecule has 3 nitrogen and oxygen atoms in total. The van der Waals surface area contributed by atoms with E-state index in [0.29, 0.717) is 0 Å². The summed E-state index contributed by atoms with van der Waals surface area (Å²) in [5.74, 6) is 0.100. The summed E-state index contributed by atoms with van der Waals surface area (Å²) in [6.07, 6.45) is -0.192. The van der Waals surface area contributed by atoms with Crippen LogP contribution in [0.15, 0.2) is 0 Å². The Morgan fingerprint density at radius 3 is 1.55 bits per heavy atom. The highest BCUT2D eigenvalue weighted by molar-refractivity contribution is 5.91. The van der Waals surface area contributed by atoms with Crippen molar-refractivity contribution in [2.24, 2.45) is 5.41 Å². The molecule has 1 atom stereocenters. The zero-order valence-corrected chi connectivity index (χ0v) is 15.3. The Morgan fingerprint density at radius 2 is 1.25 bits per heavy atom. The molecule has 0 heterocycles. The maximum atomic E-state index is 12.5. The Bertz CT molecular complexity index is 340. The predicted molar refractivity (Wildman–Crippen MR) is 84.0 cm³/mol. The second-order valence-electron chi connectivity index (χ2n) is 8.67. The molecule has 0 saturated heterocycles. The molecule has 0 aromatic carbocycles. The van der Waals surface area contributed by atoms with Crippen molar-refractivity contribution >= 4 is 5.78 Å². The van der Waals surface area contributed by atoms with Crippen LogP contribution in [0, 0.1) is 5.41 Å². The van der Waals surface area contributed by atoms with Gasteiger partial charge < -0.3 is 9.47 Å². The Labute approximate surface area is 125 Å². The summed E-state index contributed by atoms with van der Waals surface area (Å²) >= 11 is 0. The Hall–Kier alpha value is -0.410. The third-order valence-corrected chi connectivity index (χ3v) is 3.25. The quantitative estimate of drug-likeness (QED) is 0.752. The summed E-state index contributed by atoms with van der Waals surface area (Å²) < 4.78 is 12.1. The van der Waals surface area contributed by atoms with Gasteiger partial charge in [-0.05, 0) is 55.4 Å². The fourth-order valence-electron chi connectivity index (χ4n) is 2.41. The number of rotatable bonds is 5. The van der Waals surface area contributed by atoms with Crippen LogP contribution in [0.2, 0.25) is 0 Å². The molecular formula is C17H34O3. The lowest BCUT2D eigenvalue weighted by Gasteiger charge is -2.42. The summed E-state index contributed by atoms with van der Waals surface area (Å²) in [6.45, 7) is 21.5. The molecule has 0 aromatic rings. The number of ether oxygens (including phenoxy) is 2. The van der Waals surface area contributed by atoms with Crippen LogP contribution in [-0.2, 0) is 14.3 Å². The van der Waals surface area contributed by atoms with E-state index in [4.69, 9.17) is 9.47 Å². The van der Waals surface area contributed by atoms with Gasteiger partial charge in [0.05, 0.1) is 17.3 Å². The van der Waals surface area contributed by atoms with Crippen LogP contribution in [0.1, 0.15) is 76.2 Å². The molecule has 0 fully saturated rings. The number of ketones is 1. The molecular weight excluding hydrogens is 252 g/mol. The molecule has 0 aromatic heterocycles. The van der Waals surface area contributed by atoms with Gasteiger partial charge in [0.25, 0.3) is 0 Å². The maximum Gasteiger partial charge on any atom is 0.169 e. The Kier molecular flexibility index (Phi) is 5.65. The van der Waals surface area contributed by atoms with Crippen molar-refractivity contribution in [2.75, 3.05) is 0 Å². The average molecular weight is 286 g/mol. The van der Waals surface area contributed by atoms with Crippen molar-refractivity contribution in [3.8, 4) is 0 Å². The molecule has 0 radical (unpaired) electrons. The van der Waals surface area contributed by atoms with E-state index < -0.39 is 16.6 Å². The SMILES string of the molecule is CC(OC(C)(C)C(=O)C(C)(C)C)C(C)(C)OC(C)(C)C. The highest BCUT2D eigenvalue weighted by Crippen LogP contribution is 2.31. The number of Topliss-reactive ketones (excluding diaryl/α,β-unsaturated/α-hetero) is 1. The molecule has 0 aliphatic heterocycles. The van der Waals surface area contributed by atoms with Crippen LogP contribution in [-0.4, -0.2) is 28.7 Å². The first-order valence-electron chi connectivity index (χ1n) is 7.42. The summed E-state index contributed by atoms with van der Waals surface area (Å²) in [5.41, 5.74) is -1.96. The highest BCUT2D eigenvalue weighted by Gasteiger charge is 2.42. The molecule has 0 aliphatic carbocycles. The van der Waals surface area contributed by atoms with Crippen molar-refractivity contribution < 1.29 is 14.3 Å². The van der Waals surface area contributed by atoms with E-state index in [0.717, 1.165) is 0 Å². The van der Waals surface area contributed by atoms with E-state index in [-0.39, 0.29) is 17.5 Å². The Balaban J connectivity index is 4.99. The second kappa shape index (κ2) is 5.76. The molecule has 0 N–H and O–H groups in total. The fourth-order valence-corrected chi connectivity index (χ4v) is 2.41. The molecule has 0 saturated carbocycles. The highest BCUT2D eigenvalue weighted by atomic mass is 16.6. The second-order valence-corrected chi connectivity index (χ2v) is 8.67. The standard InChI is InChI=1S/C17H34O3/c1-12(16(8,9)20-15(5,6)7)19-17(10,11)13(18)14(2,3)4/h12H,1-11H3. The zero-order chi connectivity index (χ0) is 16.6. The summed E-state index contributed by atoms with van der Waals surface area (Å²) in [7, 11) is 0. The van der Waals surface area contributed by atoms with Crippen LogP contribution >= 0.6 is 0 Å². The lowest BCUT2D eigenvalue weighted by atomic mass is 9.81. The van der Waals surface area contributed by atoms with Crippen LogP contribution in [0.4, 0.5) is 0 Å². The molecule has 0 spiro atoms. The average Bonchev–Trinajstić information content (AvgIpc) is 2.10. The minimum absolute atomic E-state index is 0.100. The minimum Gasteiger partial charge on any atom is -0.367 e. The number of hydrogen-bond acceptors (Lipinski definition) is 3. The van der Waals surface area contributed by atoms with Gasteiger partial charge in [0.1, 0.15) is 5.60 Å². The van der Waals surface area contributed by atoms with Gasteiger partial charge in [-0.15, -0.1) is 0 Å². The smallest absolute Gasteiger partial charge is 0.169 e. The summed E-state index contributed by atoms with van der Waals surface area (Å²) in [5, 5.41) is 0. The lowest BCUT2D eigenvalue weighted by molar-refractivity contribution is -0.205. The van der Waals surface area contributed by atoms with E-state index in [1.54, 1.807) is 0 Å². The predicted octanol–water partition coefficient (Wildman–Crippen LogP) is 4.38. The van der Waals surface area contributed by atoms with Gasteiger partial charge in [-0.25, -0.2) is 0 Å². The third-order valence-electron chi connectivity index (χ3n) is 3.25. The number of carbonyl (C=O) groups is 1. The van der Waals surface area contributed by atoms with Gasteiger partial charge in [0.15, 0.2) is 5.78 Å². The minimum atomic E-state index is -0.823. The first-order chi connectivity index (χ1) is 8.49. The van der Waals surface area contributed by atoms with Crippen LogP contribution in [0.5, 0.6) is 0 Å². The van der Waals surface area contributed by atoms with E-state index >= 15 is 0 Å². The molecule has 0 aliphatic rings. The van der Waals surface area contributed by atoms with Crippen molar-refractivity contribution in [2.45, 2.75) is 99.1 Å². The van der Waals surface area contributed by atoms with Crippen LogP contribution in [0.3, 0.4) is 0 Å². The Morgan fingerprint density at radius 1 is 0.850 bits per heavy atom. The van der Waals surface area contributed by atoms with Crippen molar-refractivity contribution in [1.29, 1.82) is 0 Å². The molecule has 20 heavy (non-hydrogen) atoms. The number of carbonyl (C=O) groups excluding carboxylic acids is 1. The topological polar surface area (TPSA) is 35.5 Å². The van der Waals surface area contributed by atoms with Gasteiger partial charge in [-0.2, -0.15) is 0 Å². The van der Waals surface area contributed by atoms with Gasteiger partial charge in [0.2, 0.25) is 0 Å². The number of hydrogen-bond donors (Lipinski definition) is 0. The van der Waals surface area contributed by atoms with Gasteiger partial charge in [-0.3, -0.25) is 4.79 Å². The molecule has 0 rings (SSSR count). The first kappa shape index (κ1) is 19.6. The summed E-state index contributed by atoms with van der Waals surface area (Å²) in [6, 6.07) is 0. The molecule has 3 heteroatoms. The van der Waals surface area contributed by atoms with Crippen molar-refractivity contribution in [3.05, 3.63) is 0 Å². The molecule has 0 amide bonds. The van der Waals surface area contributed by atoms with Crippen molar-refractivity contribution in [3.63, 3.8) is 0 Å². The van der Waals surface area contributed by atoms with Gasteiger partial charge in [-0.1, -0.05) is 20.8 Å². The first-order valence-corrected chi connectivity index (χ1v) is 7.42. The lowest BCUT2D eigenvalue weighted by Crippen LogP contribution is -2.51. The van der Waals surface area contributed by atoms with E-state index in [1.807, 2.05) is 76.2 Å². The van der Waals surface area contributed by atoms with Gasteiger partial charge >= 0.3 is 0 Å². The van der Waals surface area contributed by atoms with Gasteiger partial charge in [0, 0.05) is 5.41 Å². The van der Waals surface area contributed by atoms with E-state index in [1.165, 1.54) is 0 Å². The maximum absolute atomic E-state index is 12.5.